The lowest BCUT2D eigenvalue weighted by atomic mass is 10.1. The topological polar surface area (TPSA) is 81.9 Å². The molecule has 8 heteroatoms. The fourth-order valence-electron chi connectivity index (χ4n) is 2.47. The summed E-state index contributed by atoms with van der Waals surface area (Å²) in [5, 5.41) is 0. The number of carbonyl (C=O) groups excluding carboxylic acids is 2. The van der Waals surface area contributed by atoms with E-state index in [9.17, 15) is 14.0 Å². The molecule has 1 aromatic carbocycles. The number of nitrogens with zero attached hydrogens (tertiary/aromatic N) is 1. The van der Waals surface area contributed by atoms with Gasteiger partial charge in [-0.2, -0.15) is 0 Å². The Morgan fingerprint density at radius 1 is 1.36 bits per heavy atom. The minimum Gasteiger partial charge on any atom is -0.486 e. The Labute approximate surface area is 154 Å². The standard InChI is InChI=1S/C17H22BrFN2O4/c1-17(2,3)25-16(23)21-7-6-14(12(19)9-21)24-13-5-4-10(18)8-11(13)15(20)22/h4-5,8,12,14H,6-7,9H2,1-3H3,(H2,20,22). The smallest absolute Gasteiger partial charge is 0.410 e. The average molecular weight is 417 g/mol. The third-order valence-electron chi connectivity index (χ3n) is 3.62. The van der Waals surface area contributed by atoms with Crippen LogP contribution in [0.3, 0.4) is 0 Å². The van der Waals surface area contributed by atoms with Crippen LogP contribution in [0.1, 0.15) is 37.6 Å². The molecule has 138 valence electrons. The molecule has 2 rings (SSSR count). The molecule has 1 fully saturated rings. The normalized spacial score (nSPS) is 20.9. The predicted octanol–water partition coefficient (Wildman–Crippen LogP) is 3.27. The molecule has 25 heavy (non-hydrogen) atoms. The highest BCUT2D eigenvalue weighted by molar-refractivity contribution is 9.10. The summed E-state index contributed by atoms with van der Waals surface area (Å²) in [6.45, 7) is 5.45. The molecule has 6 nitrogen and oxygen atoms in total. The molecule has 0 bridgehead atoms. The van der Waals surface area contributed by atoms with E-state index >= 15 is 0 Å². The molecule has 2 amide bonds. The summed E-state index contributed by atoms with van der Waals surface area (Å²) in [5.74, 6) is -0.424. The van der Waals surface area contributed by atoms with Crippen LogP contribution in [0.5, 0.6) is 5.75 Å². The van der Waals surface area contributed by atoms with E-state index in [4.69, 9.17) is 15.2 Å². The second-order valence-corrected chi connectivity index (χ2v) is 7.81. The number of primary amides is 1. The molecule has 1 aromatic rings. The second kappa shape index (κ2) is 7.59. The highest BCUT2D eigenvalue weighted by Crippen LogP contribution is 2.27. The molecule has 1 aliphatic heterocycles. The number of ether oxygens (including phenoxy) is 2. The van der Waals surface area contributed by atoms with Gasteiger partial charge in [0.15, 0.2) is 6.17 Å². The van der Waals surface area contributed by atoms with Crippen molar-refractivity contribution in [2.24, 2.45) is 5.73 Å². The maximum absolute atomic E-state index is 14.5. The Kier molecular flexibility index (Phi) is 5.92. The number of piperidine rings is 1. The van der Waals surface area contributed by atoms with Crippen LogP contribution < -0.4 is 10.5 Å². The van der Waals surface area contributed by atoms with Crippen molar-refractivity contribution in [1.82, 2.24) is 4.90 Å². The van der Waals surface area contributed by atoms with Crippen molar-refractivity contribution in [3.8, 4) is 5.75 Å². The lowest BCUT2D eigenvalue weighted by molar-refractivity contribution is -0.0106. The number of nitrogens with two attached hydrogens (primary N) is 1. The van der Waals surface area contributed by atoms with Crippen LogP contribution in [0.25, 0.3) is 0 Å². The third-order valence-corrected chi connectivity index (χ3v) is 4.11. The van der Waals surface area contributed by atoms with Crippen molar-refractivity contribution in [2.75, 3.05) is 13.1 Å². The number of alkyl halides is 1. The summed E-state index contributed by atoms with van der Waals surface area (Å²) in [6.07, 6.45) is -2.42. The van der Waals surface area contributed by atoms with Crippen molar-refractivity contribution in [3.63, 3.8) is 0 Å². The van der Waals surface area contributed by atoms with Gasteiger partial charge >= 0.3 is 6.09 Å². The van der Waals surface area contributed by atoms with Crippen molar-refractivity contribution < 1.29 is 23.5 Å². The van der Waals surface area contributed by atoms with Crippen molar-refractivity contribution in [3.05, 3.63) is 28.2 Å². The summed E-state index contributed by atoms with van der Waals surface area (Å²) in [7, 11) is 0. The largest absolute Gasteiger partial charge is 0.486 e. The number of amides is 2. The van der Waals surface area contributed by atoms with Gasteiger partial charge in [0.2, 0.25) is 0 Å². The summed E-state index contributed by atoms with van der Waals surface area (Å²) in [4.78, 5) is 24.9. The molecular formula is C17H22BrFN2O4. The molecule has 1 aliphatic rings. The third kappa shape index (κ3) is 5.32. The second-order valence-electron chi connectivity index (χ2n) is 6.89. The fraction of sp³-hybridized carbons (Fsp3) is 0.529. The molecule has 1 heterocycles. The van der Waals surface area contributed by atoms with E-state index in [1.807, 2.05) is 0 Å². The van der Waals surface area contributed by atoms with Gasteiger partial charge in [0, 0.05) is 17.4 Å². The molecule has 1 saturated heterocycles. The van der Waals surface area contributed by atoms with Gasteiger partial charge < -0.3 is 20.1 Å². The first kappa shape index (κ1) is 19.5. The molecule has 2 unspecified atom stereocenters. The van der Waals surface area contributed by atoms with Crippen molar-refractivity contribution >= 4 is 27.9 Å². The highest BCUT2D eigenvalue weighted by atomic mass is 79.9. The van der Waals surface area contributed by atoms with Crippen LogP contribution in [0, 0.1) is 0 Å². The molecule has 2 N–H and O–H groups in total. The quantitative estimate of drug-likeness (QED) is 0.819. The molecule has 0 aliphatic carbocycles. The number of likely N-dealkylation sites (tertiary alicyclic amines) is 1. The fourth-order valence-corrected chi connectivity index (χ4v) is 2.83. The van der Waals surface area contributed by atoms with Crippen LogP contribution in [-0.4, -0.2) is 47.9 Å². The maximum atomic E-state index is 14.5. The zero-order valence-electron chi connectivity index (χ0n) is 14.4. The molecule has 0 aromatic heterocycles. The summed E-state index contributed by atoms with van der Waals surface area (Å²) in [5.41, 5.74) is 4.88. The monoisotopic (exact) mass is 416 g/mol. The van der Waals surface area contributed by atoms with Crippen molar-refractivity contribution in [2.45, 2.75) is 45.1 Å². The Bertz CT molecular complexity index is 663. The first-order chi connectivity index (χ1) is 11.6. The molecule has 0 saturated carbocycles. The molecule has 0 spiro atoms. The van der Waals surface area contributed by atoms with Crippen LogP contribution in [0.15, 0.2) is 22.7 Å². The van der Waals surface area contributed by atoms with E-state index < -0.39 is 29.9 Å². The molecule has 2 atom stereocenters. The Balaban J connectivity index is 2.03. The Morgan fingerprint density at radius 3 is 2.60 bits per heavy atom. The van der Waals surface area contributed by atoms with E-state index in [1.165, 1.54) is 11.0 Å². The van der Waals surface area contributed by atoms with Crippen LogP contribution in [-0.2, 0) is 4.74 Å². The van der Waals surface area contributed by atoms with E-state index in [-0.39, 0.29) is 24.3 Å². The lowest BCUT2D eigenvalue weighted by Crippen LogP contribution is -2.50. The van der Waals surface area contributed by atoms with Crippen LogP contribution >= 0.6 is 15.9 Å². The van der Waals surface area contributed by atoms with Gasteiger partial charge in [-0.1, -0.05) is 15.9 Å². The van der Waals surface area contributed by atoms with Gasteiger partial charge in [0.1, 0.15) is 17.5 Å². The Hall–Kier alpha value is -1.83. The number of hydrogen-bond donors (Lipinski definition) is 1. The van der Waals surface area contributed by atoms with Gasteiger partial charge in [0.05, 0.1) is 12.1 Å². The molecular weight excluding hydrogens is 395 g/mol. The van der Waals surface area contributed by atoms with Gasteiger partial charge in [-0.15, -0.1) is 0 Å². The zero-order chi connectivity index (χ0) is 18.8. The van der Waals surface area contributed by atoms with Gasteiger partial charge in [-0.3, -0.25) is 4.79 Å². The number of rotatable bonds is 3. The predicted molar refractivity (Wildman–Crippen MR) is 94.4 cm³/mol. The lowest BCUT2D eigenvalue weighted by Gasteiger charge is -2.35. The van der Waals surface area contributed by atoms with Crippen LogP contribution in [0.2, 0.25) is 0 Å². The van der Waals surface area contributed by atoms with E-state index in [1.54, 1.807) is 32.9 Å². The number of hydrogen-bond acceptors (Lipinski definition) is 4. The summed E-state index contributed by atoms with van der Waals surface area (Å²) >= 11 is 3.25. The highest BCUT2D eigenvalue weighted by Gasteiger charge is 2.35. The van der Waals surface area contributed by atoms with Gasteiger partial charge in [-0.05, 0) is 39.0 Å². The minimum absolute atomic E-state index is 0.123. The number of benzene rings is 1. The summed E-state index contributed by atoms with van der Waals surface area (Å²) < 4.78 is 26.1. The average Bonchev–Trinajstić information content (AvgIpc) is 2.48. The van der Waals surface area contributed by atoms with Crippen molar-refractivity contribution in [1.29, 1.82) is 0 Å². The van der Waals surface area contributed by atoms with Gasteiger partial charge in [-0.25, -0.2) is 9.18 Å². The number of halogens is 2. The minimum atomic E-state index is -1.40. The maximum Gasteiger partial charge on any atom is 0.410 e. The zero-order valence-corrected chi connectivity index (χ0v) is 16.0. The Morgan fingerprint density at radius 2 is 2.04 bits per heavy atom. The number of carbonyl (C=O) groups is 2. The first-order valence-electron chi connectivity index (χ1n) is 7.95. The van der Waals surface area contributed by atoms with E-state index in [0.29, 0.717) is 11.0 Å². The van der Waals surface area contributed by atoms with E-state index in [2.05, 4.69) is 15.9 Å². The van der Waals surface area contributed by atoms with Gasteiger partial charge in [0.25, 0.3) is 5.91 Å². The summed E-state index contributed by atoms with van der Waals surface area (Å²) in [6, 6.07) is 4.78. The first-order valence-corrected chi connectivity index (χ1v) is 8.74. The molecule has 0 radical (unpaired) electrons. The SMILES string of the molecule is CC(C)(C)OC(=O)N1CCC(Oc2ccc(Br)cc2C(N)=O)C(F)C1. The van der Waals surface area contributed by atoms with Crippen LogP contribution in [0.4, 0.5) is 9.18 Å². The van der Waals surface area contributed by atoms with E-state index in [0.717, 1.165) is 0 Å².